The van der Waals surface area contributed by atoms with Gasteiger partial charge in [-0.1, -0.05) is 53.8 Å². The van der Waals surface area contributed by atoms with Gasteiger partial charge in [-0.3, -0.25) is 4.79 Å². The highest BCUT2D eigenvalue weighted by molar-refractivity contribution is 7.22. The van der Waals surface area contributed by atoms with Crippen molar-refractivity contribution in [1.82, 2.24) is 4.98 Å². The Morgan fingerprint density at radius 1 is 1.04 bits per heavy atom. The van der Waals surface area contributed by atoms with Crippen LogP contribution in [-0.2, 0) is 4.79 Å². The van der Waals surface area contributed by atoms with E-state index in [1.807, 2.05) is 54.6 Å². The minimum atomic E-state index is -0.291. The van der Waals surface area contributed by atoms with Crippen LogP contribution >= 0.6 is 11.3 Å². The smallest absolute Gasteiger partial charge is 0.273 e. The molecule has 0 aliphatic heterocycles. The number of hydrogen-bond donors (Lipinski definition) is 0. The zero-order valence-electron chi connectivity index (χ0n) is 14.2. The van der Waals surface area contributed by atoms with E-state index in [0.29, 0.717) is 10.9 Å². The first kappa shape index (κ1) is 16.9. The van der Waals surface area contributed by atoms with Crippen molar-refractivity contribution in [3.63, 3.8) is 0 Å². The number of fused-ring (bicyclic) bond motifs is 1. The van der Waals surface area contributed by atoms with Crippen molar-refractivity contribution >= 4 is 44.9 Å². The van der Waals surface area contributed by atoms with E-state index in [1.165, 1.54) is 28.6 Å². The summed E-state index contributed by atoms with van der Waals surface area (Å²) in [6.45, 7) is 0. The standard InChI is InChI=1S/C21H15N3O2S/c25-20(13-12-16-7-2-1-3-8-16)24(22-15-17-9-6-14-26-17)21-23-18-10-4-5-11-19(18)27-21/h1-15H/b13-12+,22-15+. The lowest BCUT2D eigenvalue weighted by atomic mass is 10.2. The molecule has 0 unspecified atom stereocenters. The Morgan fingerprint density at radius 2 is 1.85 bits per heavy atom. The molecule has 132 valence electrons. The summed E-state index contributed by atoms with van der Waals surface area (Å²) in [5, 5.41) is 6.09. The van der Waals surface area contributed by atoms with E-state index in [-0.39, 0.29) is 5.91 Å². The molecule has 6 heteroatoms. The molecule has 0 spiro atoms. The molecule has 0 aliphatic rings. The van der Waals surface area contributed by atoms with Crippen molar-refractivity contribution in [2.45, 2.75) is 0 Å². The molecule has 0 fully saturated rings. The van der Waals surface area contributed by atoms with Crippen LogP contribution in [0.1, 0.15) is 11.3 Å². The second kappa shape index (κ2) is 7.80. The number of nitrogens with zero attached hydrogens (tertiary/aromatic N) is 3. The van der Waals surface area contributed by atoms with Crippen LogP contribution in [0, 0.1) is 0 Å². The van der Waals surface area contributed by atoms with Gasteiger partial charge in [0.15, 0.2) is 0 Å². The van der Waals surface area contributed by atoms with Crippen LogP contribution in [0.25, 0.3) is 16.3 Å². The highest BCUT2D eigenvalue weighted by Crippen LogP contribution is 2.29. The van der Waals surface area contributed by atoms with Crippen LogP contribution in [0.5, 0.6) is 0 Å². The molecule has 0 radical (unpaired) electrons. The molecule has 5 nitrogen and oxygen atoms in total. The lowest BCUT2D eigenvalue weighted by Crippen LogP contribution is -2.23. The maximum absolute atomic E-state index is 12.8. The fourth-order valence-corrected chi connectivity index (χ4v) is 3.36. The molecule has 2 aromatic carbocycles. The first-order valence-electron chi connectivity index (χ1n) is 8.30. The Balaban J connectivity index is 1.66. The molecule has 0 N–H and O–H groups in total. The molecule has 0 aliphatic carbocycles. The molecule has 1 amide bonds. The van der Waals surface area contributed by atoms with Crippen molar-refractivity contribution < 1.29 is 9.21 Å². The lowest BCUT2D eigenvalue weighted by molar-refractivity contribution is -0.114. The van der Waals surface area contributed by atoms with E-state index in [0.717, 1.165) is 15.8 Å². The van der Waals surface area contributed by atoms with Crippen LogP contribution in [0.2, 0.25) is 0 Å². The Bertz CT molecular complexity index is 1070. The number of hydrogen-bond acceptors (Lipinski definition) is 5. The quantitative estimate of drug-likeness (QED) is 0.282. The number of hydrazone groups is 1. The number of rotatable bonds is 5. The van der Waals surface area contributed by atoms with Crippen molar-refractivity contribution in [2.75, 3.05) is 5.01 Å². The minimum Gasteiger partial charge on any atom is -0.463 e. The average Bonchev–Trinajstić information content (AvgIpc) is 3.37. The Morgan fingerprint density at radius 3 is 2.63 bits per heavy atom. The topological polar surface area (TPSA) is 58.7 Å². The van der Waals surface area contributed by atoms with Crippen molar-refractivity contribution in [3.05, 3.63) is 90.4 Å². The fraction of sp³-hybridized carbons (Fsp3) is 0. The fourth-order valence-electron chi connectivity index (χ4n) is 2.43. The van der Waals surface area contributed by atoms with Gasteiger partial charge in [-0.15, -0.1) is 0 Å². The first-order chi connectivity index (χ1) is 13.3. The summed E-state index contributed by atoms with van der Waals surface area (Å²) in [7, 11) is 0. The number of carbonyl (C=O) groups excluding carboxylic acids is 1. The highest BCUT2D eigenvalue weighted by Gasteiger charge is 2.17. The van der Waals surface area contributed by atoms with Crippen molar-refractivity contribution in [3.8, 4) is 0 Å². The van der Waals surface area contributed by atoms with Gasteiger partial charge in [0.1, 0.15) is 5.76 Å². The maximum Gasteiger partial charge on any atom is 0.273 e. The summed E-state index contributed by atoms with van der Waals surface area (Å²) in [4.78, 5) is 17.3. The van der Waals surface area contributed by atoms with Crippen molar-refractivity contribution in [1.29, 1.82) is 0 Å². The maximum atomic E-state index is 12.8. The number of benzene rings is 2. The zero-order chi connectivity index (χ0) is 18.5. The Hall–Kier alpha value is -3.51. The normalized spacial score (nSPS) is 11.6. The van der Waals surface area contributed by atoms with Gasteiger partial charge in [0.05, 0.1) is 22.7 Å². The Labute approximate surface area is 159 Å². The van der Waals surface area contributed by atoms with Crippen molar-refractivity contribution in [2.24, 2.45) is 5.10 Å². The summed E-state index contributed by atoms with van der Waals surface area (Å²) >= 11 is 1.41. The monoisotopic (exact) mass is 373 g/mol. The number of thiazole rings is 1. The molecule has 0 atom stereocenters. The Kier molecular flexibility index (Phi) is 4.89. The molecule has 2 heterocycles. The summed E-state index contributed by atoms with van der Waals surface area (Å²) < 4.78 is 6.26. The lowest BCUT2D eigenvalue weighted by Gasteiger charge is -2.10. The third-order valence-corrected chi connectivity index (χ3v) is 4.75. The van der Waals surface area contributed by atoms with E-state index in [1.54, 1.807) is 24.5 Å². The van der Waals surface area contributed by atoms with Gasteiger partial charge in [0.2, 0.25) is 5.13 Å². The second-order valence-corrected chi connectivity index (χ2v) is 6.63. The number of anilines is 1. The summed E-state index contributed by atoms with van der Waals surface area (Å²) in [5.41, 5.74) is 1.76. The van der Waals surface area contributed by atoms with Crippen LogP contribution in [0.4, 0.5) is 5.13 Å². The third kappa shape index (κ3) is 4.02. The predicted octanol–water partition coefficient (Wildman–Crippen LogP) is 4.97. The van der Waals surface area contributed by atoms with E-state index in [9.17, 15) is 4.79 Å². The van der Waals surface area contributed by atoms with Gasteiger partial charge in [-0.25, -0.2) is 4.98 Å². The van der Waals surface area contributed by atoms with Crippen LogP contribution < -0.4 is 5.01 Å². The summed E-state index contributed by atoms with van der Waals surface area (Å²) in [6.07, 6.45) is 6.30. The van der Waals surface area contributed by atoms with E-state index in [4.69, 9.17) is 4.42 Å². The number of para-hydroxylation sites is 1. The van der Waals surface area contributed by atoms with E-state index in [2.05, 4.69) is 10.1 Å². The molecule has 4 rings (SSSR count). The van der Waals surface area contributed by atoms with Gasteiger partial charge >= 0.3 is 0 Å². The largest absolute Gasteiger partial charge is 0.463 e. The molecular weight excluding hydrogens is 358 g/mol. The molecule has 27 heavy (non-hydrogen) atoms. The van der Waals surface area contributed by atoms with E-state index >= 15 is 0 Å². The number of furan rings is 1. The number of carbonyl (C=O) groups is 1. The molecule has 4 aromatic rings. The van der Waals surface area contributed by atoms with Gasteiger partial charge in [0, 0.05) is 6.08 Å². The SMILES string of the molecule is O=C(/C=C/c1ccccc1)N(/N=C/c1ccco1)c1nc2ccccc2s1. The molecular formula is C21H15N3O2S. The first-order valence-corrected chi connectivity index (χ1v) is 9.11. The van der Waals surface area contributed by atoms with Crippen LogP contribution in [-0.4, -0.2) is 17.1 Å². The van der Waals surface area contributed by atoms with Crippen LogP contribution in [0.3, 0.4) is 0 Å². The minimum absolute atomic E-state index is 0.291. The number of amides is 1. The van der Waals surface area contributed by atoms with Crippen LogP contribution in [0.15, 0.2) is 88.6 Å². The van der Waals surface area contributed by atoms with Gasteiger partial charge in [0.25, 0.3) is 5.91 Å². The van der Waals surface area contributed by atoms with Gasteiger partial charge < -0.3 is 4.42 Å². The average molecular weight is 373 g/mol. The van der Waals surface area contributed by atoms with Gasteiger partial charge in [-0.05, 0) is 35.9 Å². The van der Waals surface area contributed by atoms with E-state index < -0.39 is 0 Å². The van der Waals surface area contributed by atoms with Gasteiger partial charge in [-0.2, -0.15) is 10.1 Å². The molecule has 2 aromatic heterocycles. The zero-order valence-corrected chi connectivity index (χ0v) is 15.0. The third-order valence-electron chi connectivity index (χ3n) is 3.73. The molecule has 0 saturated carbocycles. The molecule has 0 bridgehead atoms. The summed E-state index contributed by atoms with van der Waals surface area (Å²) in [5.74, 6) is 0.265. The number of aromatic nitrogens is 1. The highest BCUT2D eigenvalue weighted by atomic mass is 32.1. The second-order valence-electron chi connectivity index (χ2n) is 5.62. The predicted molar refractivity (Wildman–Crippen MR) is 109 cm³/mol. The summed E-state index contributed by atoms with van der Waals surface area (Å²) in [6, 6.07) is 20.9. The molecule has 0 saturated heterocycles.